The van der Waals surface area contributed by atoms with Crippen LogP contribution < -0.4 is 0 Å². The highest BCUT2D eigenvalue weighted by atomic mass is 16.8. The van der Waals surface area contributed by atoms with Crippen LogP contribution in [0.25, 0.3) is 0 Å². The Balaban J connectivity index is 1.22. The maximum absolute atomic E-state index is 13.0. The molecule has 12 bridgehead atoms. The molecular weight excluding hydrogens is 976 g/mol. The Bertz CT molecular complexity index is 1660. The van der Waals surface area contributed by atoms with Crippen LogP contribution in [0.1, 0.15) is 19.8 Å². The highest BCUT2D eigenvalue weighted by Gasteiger charge is 2.59. The Morgan fingerprint density at radius 2 is 0.535 bits per heavy atom. The second kappa shape index (κ2) is 24.5. The fourth-order valence-electron chi connectivity index (χ4n) is 9.46. The Hall–Kier alpha value is -1.69. The van der Waals surface area contributed by atoms with E-state index in [1.54, 1.807) is 6.92 Å². The fourth-order valence-corrected chi connectivity index (χ4v) is 9.46. The van der Waals surface area contributed by atoms with Gasteiger partial charge in [-0.25, -0.2) is 0 Å². The molecule has 0 amide bonds. The van der Waals surface area contributed by atoms with Crippen LogP contribution in [-0.4, -0.2) is 317 Å². The van der Waals surface area contributed by atoms with E-state index in [-0.39, 0.29) is 12.8 Å². The van der Waals surface area contributed by atoms with E-state index in [1.165, 1.54) is 0 Å². The molecule has 0 radical (unpaired) electrons. The molecule has 31 heteroatoms. The van der Waals surface area contributed by atoms with E-state index in [9.17, 15) is 91.6 Å². The first-order valence-electron chi connectivity index (χ1n) is 23.0. The minimum absolute atomic E-state index is 0.227. The van der Waals surface area contributed by atoms with Crippen molar-refractivity contribution >= 4 is 5.97 Å². The molecule has 0 aromatic carbocycles. The SMILES string of the molecule is CCCC(=O)O[C@@H]1[C@@H](O)[C@H]2O[C@H]3[C@H](O)[C@@H](O)[C@@H](O[C@H]4[C@H](O)[C@@H](O)[C@@H](O[C@H]5[C@H](O)[C@@H](O)[C@@H](O[C@H]6[C@H](O)[C@@H](O)[C@@H](O[C@H]7[C@H](O)[C@@H](O)[C@@H](O[C@H]1[C@@H](CO)O2)O[C@@H]7CO)O[C@@H]6CO)O[C@@H]5CO)O[C@@H]4CO)O[C@@H]3CO. The third-order valence-corrected chi connectivity index (χ3v) is 13.4. The molecule has 71 heavy (non-hydrogen) atoms. The normalized spacial score (nSPS) is 52.2. The number of hydrogen-bond donors (Lipinski definition) is 17. The van der Waals surface area contributed by atoms with E-state index < -0.39 is 230 Å². The third kappa shape index (κ3) is 11.5. The molecule has 30 atom stereocenters. The van der Waals surface area contributed by atoms with E-state index >= 15 is 0 Å². The van der Waals surface area contributed by atoms with Crippen molar-refractivity contribution in [2.75, 3.05) is 39.6 Å². The van der Waals surface area contributed by atoms with Crippen LogP contribution in [0.15, 0.2) is 0 Å². The van der Waals surface area contributed by atoms with Gasteiger partial charge in [0.05, 0.1) is 39.6 Å². The van der Waals surface area contributed by atoms with Gasteiger partial charge in [-0.3, -0.25) is 4.79 Å². The summed E-state index contributed by atoms with van der Waals surface area (Å²) in [6.45, 7) is -4.47. The summed E-state index contributed by atoms with van der Waals surface area (Å²) in [5.74, 6) is -0.931. The summed E-state index contributed by atoms with van der Waals surface area (Å²) < 4.78 is 74.5. The zero-order valence-electron chi connectivity index (χ0n) is 37.8. The molecule has 22 saturated heterocycles. The zero-order chi connectivity index (χ0) is 51.7. The Morgan fingerprint density at radius 1 is 0.324 bits per heavy atom. The Morgan fingerprint density at radius 3 is 0.761 bits per heavy atom. The van der Waals surface area contributed by atoms with Gasteiger partial charge in [-0.2, -0.15) is 0 Å². The van der Waals surface area contributed by atoms with Crippen molar-refractivity contribution in [2.45, 2.75) is 204 Å². The Kier molecular flexibility index (Phi) is 19.7. The summed E-state index contributed by atoms with van der Waals surface area (Å²) in [5, 5.41) is 187. The average molecular weight is 1040 g/mol. The van der Waals surface area contributed by atoms with Crippen LogP contribution in [0.3, 0.4) is 0 Å². The molecule has 0 aromatic rings. The van der Waals surface area contributed by atoms with Crippen LogP contribution >= 0.6 is 0 Å². The summed E-state index contributed by atoms with van der Waals surface area (Å²) in [6, 6.07) is 0. The van der Waals surface area contributed by atoms with Gasteiger partial charge in [0.1, 0.15) is 140 Å². The number of hydrogen-bond acceptors (Lipinski definition) is 31. The average Bonchev–Trinajstić information content (AvgIpc) is 3.36. The van der Waals surface area contributed by atoms with E-state index in [1.807, 2.05) is 0 Å². The van der Waals surface area contributed by atoms with Gasteiger partial charge in [-0.1, -0.05) is 6.92 Å². The van der Waals surface area contributed by atoms with Gasteiger partial charge < -0.3 is 148 Å². The predicted molar refractivity (Wildman–Crippen MR) is 215 cm³/mol. The number of carbonyl (C=O) groups excluding carboxylic acids is 1. The molecule has 22 aliphatic heterocycles. The van der Waals surface area contributed by atoms with Crippen molar-refractivity contribution < 1.29 is 153 Å². The maximum Gasteiger partial charge on any atom is 0.306 e. The van der Waals surface area contributed by atoms with Crippen LogP contribution in [0.4, 0.5) is 0 Å². The molecule has 0 unspecified atom stereocenters. The first kappa shape index (κ1) is 57.0. The van der Waals surface area contributed by atoms with Gasteiger partial charge >= 0.3 is 5.97 Å². The lowest BCUT2D eigenvalue weighted by molar-refractivity contribution is -0.404. The molecule has 0 aliphatic carbocycles. The Labute approximate surface area is 402 Å². The smallest absolute Gasteiger partial charge is 0.306 e. The van der Waals surface area contributed by atoms with Gasteiger partial charge in [0, 0.05) is 6.42 Å². The summed E-state index contributed by atoms with van der Waals surface area (Å²) in [6.07, 6.45) is -58.9. The van der Waals surface area contributed by atoms with Crippen molar-refractivity contribution in [1.29, 1.82) is 0 Å². The molecule has 22 rings (SSSR count). The molecular formula is C40H66O31. The van der Waals surface area contributed by atoms with Crippen LogP contribution in [-0.2, 0) is 66.4 Å². The van der Waals surface area contributed by atoms with Crippen molar-refractivity contribution in [3.05, 3.63) is 0 Å². The topological polar surface area (TPSA) is 481 Å². The van der Waals surface area contributed by atoms with E-state index in [0.717, 1.165) is 0 Å². The first-order valence-corrected chi connectivity index (χ1v) is 23.0. The second-order valence-electron chi connectivity index (χ2n) is 18.1. The number of aliphatic hydroxyl groups is 17. The number of ether oxygens (including phenoxy) is 13. The lowest BCUT2D eigenvalue weighted by Crippen LogP contribution is -2.69. The number of aliphatic hydroxyl groups excluding tert-OH is 17. The molecule has 31 nitrogen and oxygen atoms in total. The van der Waals surface area contributed by atoms with Crippen LogP contribution in [0.5, 0.6) is 0 Å². The fraction of sp³-hybridized carbons (Fsp3) is 0.975. The van der Waals surface area contributed by atoms with Gasteiger partial charge in [0.25, 0.3) is 0 Å². The summed E-state index contributed by atoms with van der Waals surface area (Å²) in [7, 11) is 0. The lowest BCUT2D eigenvalue weighted by Gasteiger charge is -2.51. The molecule has 0 aromatic heterocycles. The molecule has 0 spiro atoms. The predicted octanol–water partition coefficient (Wildman–Crippen LogP) is -11.7. The molecule has 412 valence electrons. The molecule has 22 heterocycles. The van der Waals surface area contributed by atoms with Gasteiger partial charge in [-0.15, -0.1) is 0 Å². The monoisotopic (exact) mass is 1040 g/mol. The maximum atomic E-state index is 13.0. The van der Waals surface area contributed by atoms with Crippen LogP contribution in [0.2, 0.25) is 0 Å². The lowest BCUT2D eigenvalue weighted by atomic mass is 9.94. The standard InChI is InChI=1S/C40H66O31/c1-2-3-16(47)65-34-27(58)40-64-15(9-46)33(34)71-39-26(57)21(52)31(13(7-44)63-39)69-37-24(55)19(50)29(11(5-42)61-37)67-35-22(53)17(48)28(10(4-41)59-35)66-36-23(54)18(49)30(12(6-43)60-36)68-38-25(56)20(51)32(70-40)14(8-45)62-38/h10-15,17-46,48-58H,2-9H2,1H3/t10-,11-,12-,13-,14-,15-,17-,18-,19-,20-,21-,22-,23-,24-,25-,26-,27-,28-,29-,30-,31-,32-,33+,34-,35-,36-,37-,38-,39-,40-/m1/s1. The van der Waals surface area contributed by atoms with E-state index in [2.05, 4.69) is 0 Å². The van der Waals surface area contributed by atoms with Crippen molar-refractivity contribution in [2.24, 2.45) is 0 Å². The minimum atomic E-state index is -2.19. The number of esters is 1. The molecule has 22 aliphatic rings. The van der Waals surface area contributed by atoms with Crippen molar-refractivity contribution in [3.8, 4) is 0 Å². The highest BCUT2D eigenvalue weighted by molar-refractivity contribution is 5.69. The van der Waals surface area contributed by atoms with Crippen molar-refractivity contribution in [3.63, 3.8) is 0 Å². The summed E-state index contributed by atoms with van der Waals surface area (Å²) >= 11 is 0. The number of carbonyl (C=O) groups is 1. The third-order valence-electron chi connectivity index (χ3n) is 13.4. The first-order chi connectivity index (χ1) is 33.9. The van der Waals surface area contributed by atoms with Gasteiger partial charge in [-0.05, 0) is 6.42 Å². The quantitative estimate of drug-likeness (QED) is 0.0954. The minimum Gasteiger partial charge on any atom is -0.456 e. The van der Waals surface area contributed by atoms with Crippen molar-refractivity contribution in [1.82, 2.24) is 0 Å². The summed E-state index contributed by atoms with van der Waals surface area (Å²) in [5.41, 5.74) is 0. The molecule has 17 N–H and O–H groups in total. The van der Waals surface area contributed by atoms with Gasteiger partial charge in [0.15, 0.2) is 43.8 Å². The molecule has 0 saturated carbocycles. The van der Waals surface area contributed by atoms with Gasteiger partial charge in [0.2, 0.25) is 0 Å². The van der Waals surface area contributed by atoms with Crippen LogP contribution in [0, 0.1) is 0 Å². The second-order valence-corrected chi connectivity index (χ2v) is 18.1. The highest BCUT2D eigenvalue weighted by Crippen LogP contribution is 2.38. The summed E-state index contributed by atoms with van der Waals surface area (Å²) in [4.78, 5) is 13.0. The molecule has 22 fully saturated rings. The number of rotatable bonds is 9. The van der Waals surface area contributed by atoms with E-state index in [4.69, 9.17) is 61.6 Å². The largest absolute Gasteiger partial charge is 0.456 e. The zero-order valence-corrected chi connectivity index (χ0v) is 37.8. The van der Waals surface area contributed by atoms with E-state index in [0.29, 0.717) is 0 Å².